The molecule has 5 nitrogen and oxygen atoms in total. The average molecular weight is 414 g/mol. The van der Waals surface area contributed by atoms with Gasteiger partial charge >= 0.3 is 0 Å². The molecular weight excluding hydrogens is 390 g/mol. The molecule has 1 heterocycles. The van der Waals surface area contributed by atoms with Gasteiger partial charge in [0.25, 0.3) is 0 Å². The maximum absolute atomic E-state index is 12.7. The molecule has 0 saturated carbocycles. The SMILES string of the molecule is Cc1cc(C)c(C)c(S(=O)(=O)NCCCn2cc(Br)c(C)n2)c1C. The van der Waals surface area contributed by atoms with Crippen LogP contribution < -0.4 is 4.72 Å². The Bertz CT molecular complexity index is 811. The Hall–Kier alpha value is -1.18. The average Bonchev–Trinajstić information content (AvgIpc) is 2.80. The van der Waals surface area contributed by atoms with Crippen molar-refractivity contribution in [2.45, 2.75) is 52.5 Å². The van der Waals surface area contributed by atoms with Crippen molar-refractivity contribution in [3.05, 3.63) is 44.7 Å². The number of hydrogen-bond acceptors (Lipinski definition) is 3. The van der Waals surface area contributed by atoms with Crippen LogP contribution in [-0.2, 0) is 16.6 Å². The minimum atomic E-state index is -3.51. The number of nitrogens with one attached hydrogen (secondary N) is 1. The molecule has 1 aromatic heterocycles. The molecule has 7 heteroatoms. The molecule has 0 aliphatic heterocycles. The summed E-state index contributed by atoms with van der Waals surface area (Å²) in [6.45, 7) is 10.6. The Morgan fingerprint density at radius 1 is 1.12 bits per heavy atom. The van der Waals surface area contributed by atoms with E-state index in [0.29, 0.717) is 24.4 Å². The fourth-order valence-electron chi connectivity index (χ4n) is 2.71. The van der Waals surface area contributed by atoms with E-state index in [9.17, 15) is 8.42 Å². The summed E-state index contributed by atoms with van der Waals surface area (Å²) in [5.74, 6) is 0. The minimum Gasteiger partial charge on any atom is -0.271 e. The summed E-state index contributed by atoms with van der Waals surface area (Å²) in [6.07, 6.45) is 2.58. The predicted molar refractivity (Wildman–Crippen MR) is 99.9 cm³/mol. The standard InChI is InChI=1S/C17H24BrN3O2S/c1-11-9-12(2)14(4)17(13(11)3)24(22,23)19-7-6-8-21-10-16(18)15(5)20-21/h9-10,19H,6-8H2,1-5H3. The first-order valence-electron chi connectivity index (χ1n) is 7.90. The molecule has 1 aromatic carbocycles. The fourth-order valence-corrected chi connectivity index (χ4v) is 4.71. The summed E-state index contributed by atoms with van der Waals surface area (Å²) in [7, 11) is -3.51. The molecular formula is C17H24BrN3O2S. The second-order valence-electron chi connectivity index (χ2n) is 6.17. The van der Waals surface area contributed by atoms with E-state index in [2.05, 4.69) is 25.8 Å². The van der Waals surface area contributed by atoms with E-state index in [4.69, 9.17) is 0 Å². The topological polar surface area (TPSA) is 64.0 Å². The highest BCUT2D eigenvalue weighted by Gasteiger charge is 2.21. The highest BCUT2D eigenvalue weighted by atomic mass is 79.9. The van der Waals surface area contributed by atoms with Gasteiger partial charge in [-0.05, 0) is 79.2 Å². The maximum atomic E-state index is 12.7. The van der Waals surface area contributed by atoms with Gasteiger partial charge in [-0.2, -0.15) is 5.10 Å². The van der Waals surface area contributed by atoms with Gasteiger partial charge in [-0.15, -0.1) is 0 Å². The number of aromatic nitrogens is 2. The third kappa shape index (κ3) is 4.07. The van der Waals surface area contributed by atoms with Crippen LogP contribution in [0.3, 0.4) is 0 Å². The zero-order valence-corrected chi connectivity index (χ0v) is 17.2. The van der Waals surface area contributed by atoms with E-state index in [0.717, 1.165) is 32.4 Å². The van der Waals surface area contributed by atoms with Crippen LogP contribution in [0.15, 0.2) is 21.6 Å². The molecule has 2 aromatic rings. The minimum absolute atomic E-state index is 0.380. The number of nitrogens with zero attached hydrogens (tertiary/aromatic N) is 2. The number of hydrogen-bond donors (Lipinski definition) is 1. The lowest BCUT2D eigenvalue weighted by atomic mass is 10.0. The largest absolute Gasteiger partial charge is 0.271 e. The predicted octanol–water partition coefficient (Wildman–Crippen LogP) is 3.56. The van der Waals surface area contributed by atoms with Crippen molar-refractivity contribution >= 4 is 26.0 Å². The van der Waals surface area contributed by atoms with Crippen molar-refractivity contribution in [1.29, 1.82) is 0 Å². The number of halogens is 1. The van der Waals surface area contributed by atoms with E-state index < -0.39 is 10.0 Å². The molecule has 0 unspecified atom stereocenters. The van der Waals surface area contributed by atoms with Crippen LogP contribution in [0.25, 0.3) is 0 Å². The van der Waals surface area contributed by atoms with Crippen molar-refractivity contribution < 1.29 is 8.42 Å². The van der Waals surface area contributed by atoms with Crippen molar-refractivity contribution in [2.75, 3.05) is 6.54 Å². The van der Waals surface area contributed by atoms with Crippen molar-refractivity contribution in [2.24, 2.45) is 0 Å². The summed E-state index contributed by atoms with van der Waals surface area (Å²) in [6, 6.07) is 2.03. The molecule has 0 amide bonds. The summed E-state index contributed by atoms with van der Waals surface area (Å²) in [4.78, 5) is 0.415. The van der Waals surface area contributed by atoms with Gasteiger partial charge in [-0.3, -0.25) is 4.68 Å². The van der Waals surface area contributed by atoms with Crippen molar-refractivity contribution in [1.82, 2.24) is 14.5 Å². The molecule has 0 aliphatic carbocycles. The third-order valence-corrected chi connectivity index (χ3v) is 6.82. The number of sulfonamides is 1. The number of rotatable bonds is 6. The lowest BCUT2D eigenvalue weighted by Crippen LogP contribution is -2.27. The molecule has 0 fully saturated rings. The molecule has 0 bridgehead atoms. The molecule has 1 N–H and O–H groups in total. The van der Waals surface area contributed by atoms with E-state index in [1.165, 1.54) is 0 Å². The maximum Gasteiger partial charge on any atom is 0.241 e. The third-order valence-electron chi connectivity index (χ3n) is 4.31. The number of benzene rings is 1. The monoisotopic (exact) mass is 413 g/mol. The first-order valence-corrected chi connectivity index (χ1v) is 10.2. The van der Waals surface area contributed by atoms with Gasteiger partial charge in [-0.25, -0.2) is 13.1 Å². The fraction of sp³-hybridized carbons (Fsp3) is 0.471. The zero-order chi connectivity index (χ0) is 18.1. The van der Waals surface area contributed by atoms with Gasteiger partial charge in [0.05, 0.1) is 15.1 Å². The van der Waals surface area contributed by atoms with Crippen LogP contribution in [0, 0.1) is 34.6 Å². The summed E-state index contributed by atoms with van der Waals surface area (Å²) in [5, 5.41) is 4.35. The molecule has 0 saturated heterocycles. The van der Waals surface area contributed by atoms with Gasteiger partial charge in [-0.1, -0.05) is 6.07 Å². The van der Waals surface area contributed by atoms with E-state index in [1.807, 2.05) is 51.6 Å². The summed E-state index contributed by atoms with van der Waals surface area (Å²) < 4.78 is 30.9. The van der Waals surface area contributed by atoms with E-state index in [1.54, 1.807) is 0 Å². The quantitative estimate of drug-likeness (QED) is 0.736. The van der Waals surface area contributed by atoms with Crippen molar-refractivity contribution in [3.63, 3.8) is 0 Å². The van der Waals surface area contributed by atoms with Gasteiger partial charge < -0.3 is 0 Å². The smallest absolute Gasteiger partial charge is 0.241 e. The molecule has 0 radical (unpaired) electrons. The molecule has 24 heavy (non-hydrogen) atoms. The van der Waals surface area contributed by atoms with Crippen LogP contribution in [0.5, 0.6) is 0 Å². The second-order valence-corrected chi connectivity index (χ2v) is 8.72. The summed E-state index contributed by atoms with van der Waals surface area (Å²) >= 11 is 3.42. The first-order chi connectivity index (χ1) is 11.1. The van der Waals surface area contributed by atoms with Crippen LogP contribution in [-0.4, -0.2) is 24.7 Å². The van der Waals surface area contributed by atoms with Crippen LogP contribution >= 0.6 is 15.9 Å². The first kappa shape index (κ1) is 19.1. The highest BCUT2D eigenvalue weighted by molar-refractivity contribution is 9.10. The van der Waals surface area contributed by atoms with Gasteiger partial charge in [0.15, 0.2) is 0 Å². The Morgan fingerprint density at radius 2 is 1.71 bits per heavy atom. The normalized spacial score (nSPS) is 11.9. The van der Waals surface area contributed by atoms with E-state index >= 15 is 0 Å². The van der Waals surface area contributed by atoms with Crippen LogP contribution in [0.2, 0.25) is 0 Å². The number of aryl methyl sites for hydroxylation is 4. The second kappa shape index (κ2) is 7.37. The van der Waals surface area contributed by atoms with Crippen LogP contribution in [0.1, 0.15) is 34.4 Å². The zero-order valence-electron chi connectivity index (χ0n) is 14.8. The highest BCUT2D eigenvalue weighted by Crippen LogP contribution is 2.25. The van der Waals surface area contributed by atoms with Gasteiger partial charge in [0.2, 0.25) is 10.0 Å². The van der Waals surface area contributed by atoms with Gasteiger partial charge in [0.1, 0.15) is 0 Å². The Labute approximate surface area is 152 Å². The Morgan fingerprint density at radius 3 is 2.21 bits per heavy atom. The van der Waals surface area contributed by atoms with Gasteiger partial charge in [0, 0.05) is 19.3 Å². The van der Waals surface area contributed by atoms with Crippen molar-refractivity contribution in [3.8, 4) is 0 Å². The lowest BCUT2D eigenvalue weighted by Gasteiger charge is -2.16. The molecule has 0 atom stereocenters. The lowest BCUT2D eigenvalue weighted by molar-refractivity contribution is 0.550. The Kier molecular flexibility index (Phi) is 5.88. The molecule has 0 aliphatic rings. The molecule has 132 valence electrons. The molecule has 2 rings (SSSR count). The van der Waals surface area contributed by atoms with Crippen LogP contribution in [0.4, 0.5) is 0 Å². The Balaban J connectivity index is 2.07. The molecule has 0 spiro atoms. The summed E-state index contributed by atoms with van der Waals surface area (Å²) in [5.41, 5.74) is 4.55. The van der Waals surface area contributed by atoms with E-state index in [-0.39, 0.29) is 0 Å².